The van der Waals surface area contributed by atoms with E-state index < -0.39 is 0 Å². The highest BCUT2D eigenvalue weighted by Gasteiger charge is 2.20. The van der Waals surface area contributed by atoms with Gasteiger partial charge in [-0.2, -0.15) is 5.26 Å². The molecule has 0 amide bonds. The second kappa shape index (κ2) is 3.84. The fourth-order valence-electron chi connectivity index (χ4n) is 1.96. The third-order valence-electron chi connectivity index (χ3n) is 2.83. The lowest BCUT2D eigenvalue weighted by molar-refractivity contribution is 0.313. The van der Waals surface area contributed by atoms with Crippen LogP contribution in [0.15, 0.2) is 10.5 Å². The predicted molar refractivity (Wildman–Crippen MR) is 63.3 cm³/mol. The van der Waals surface area contributed by atoms with Gasteiger partial charge < -0.3 is 10.6 Å². The molecule has 2 rings (SSSR count). The van der Waals surface area contributed by atoms with Crippen molar-refractivity contribution < 1.29 is 0 Å². The summed E-state index contributed by atoms with van der Waals surface area (Å²) in [6.45, 7) is 1.87. The largest absolute Gasteiger partial charge is 0.397 e. The molecule has 0 fully saturated rings. The van der Waals surface area contributed by atoms with E-state index in [0.717, 1.165) is 29.5 Å². The maximum Gasteiger partial charge on any atom is 0.101 e. The molecule has 0 saturated carbocycles. The van der Waals surface area contributed by atoms with Gasteiger partial charge in [-0.25, -0.2) is 0 Å². The topological polar surface area (TPSA) is 53.0 Å². The lowest BCUT2D eigenvalue weighted by atomic mass is 9.96. The van der Waals surface area contributed by atoms with Gasteiger partial charge >= 0.3 is 0 Å². The fraction of sp³-hybridized carbons (Fsp3) is 0.364. The Balaban J connectivity index is 2.62. The Morgan fingerprint density at radius 3 is 2.93 bits per heavy atom. The van der Waals surface area contributed by atoms with Crippen LogP contribution in [0.25, 0.3) is 0 Å². The lowest BCUT2D eigenvalue weighted by Crippen LogP contribution is -2.27. The Morgan fingerprint density at radius 1 is 1.53 bits per heavy atom. The minimum atomic E-state index is 0.566. The zero-order valence-corrected chi connectivity index (χ0v) is 10.1. The molecule has 15 heavy (non-hydrogen) atoms. The highest BCUT2D eigenvalue weighted by molar-refractivity contribution is 9.10. The van der Waals surface area contributed by atoms with Gasteiger partial charge in [-0.15, -0.1) is 0 Å². The number of benzene rings is 1. The SMILES string of the molecule is CN1CCc2c(Br)cc(C#N)c(N)c2C1. The first kappa shape index (κ1) is 10.5. The molecular formula is C11H12BrN3. The Morgan fingerprint density at radius 2 is 2.27 bits per heavy atom. The van der Waals surface area contributed by atoms with E-state index in [9.17, 15) is 0 Å². The van der Waals surface area contributed by atoms with Crippen molar-refractivity contribution in [3.63, 3.8) is 0 Å². The standard InChI is InChI=1S/C11H12BrN3/c1-15-3-2-8-9(6-15)11(14)7(5-13)4-10(8)12/h4H,2-3,6,14H2,1H3. The van der Waals surface area contributed by atoms with Crippen molar-refractivity contribution in [2.24, 2.45) is 0 Å². The molecule has 0 atom stereocenters. The van der Waals surface area contributed by atoms with Gasteiger partial charge in [-0.1, -0.05) is 15.9 Å². The number of hydrogen-bond acceptors (Lipinski definition) is 3. The van der Waals surface area contributed by atoms with Gasteiger partial charge in [-0.05, 0) is 30.7 Å². The van der Waals surface area contributed by atoms with Crippen molar-refractivity contribution in [3.8, 4) is 6.07 Å². The van der Waals surface area contributed by atoms with Gasteiger partial charge in [0.2, 0.25) is 0 Å². The summed E-state index contributed by atoms with van der Waals surface area (Å²) in [5.74, 6) is 0. The zero-order valence-electron chi connectivity index (χ0n) is 8.55. The molecule has 0 unspecified atom stereocenters. The highest BCUT2D eigenvalue weighted by Crippen LogP contribution is 2.32. The van der Waals surface area contributed by atoms with E-state index in [-0.39, 0.29) is 0 Å². The van der Waals surface area contributed by atoms with Crippen molar-refractivity contribution in [1.29, 1.82) is 5.26 Å². The van der Waals surface area contributed by atoms with Crippen LogP contribution in [0.1, 0.15) is 16.7 Å². The molecule has 0 saturated heterocycles. The van der Waals surface area contributed by atoms with Crippen LogP contribution in [-0.4, -0.2) is 18.5 Å². The van der Waals surface area contributed by atoms with E-state index in [4.69, 9.17) is 11.0 Å². The molecule has 3 nitrogen and oxygen atoms in total. The van der Waals surface area contributed by atoms with Crippen LogP contribution < -0.4 is 5.73 Å². The van der Waals surface area contributed by atoms with E-state index >= 15 is 0 Å². The van der Waals surface area contributed by atoms with Crippen molar-refractivity contribution in [1.82, 2.24) is 4.90 Å². The second-order valence-electron chi connectivity index (χ2n) is 3.88. The van der Waals surface area contributed by atoms with Crippen molar-refractivity contribution in [2.45, 2.75) is 13.0 Å². The van der Waals surface area contributed by atoms with Crippen molar-refractivity contribution >= 4 is 21.6 Å². The summed E-state index contributed by atoms with van der Waals surface area (Å²) < 4.78 is 1.01. The minimum absolute atomic E-state index is 0.566. The first-order chi connectivity index (χ1) is 7.13. The van der Waals surface area contributed by atoms with Gasteiger partial charge in [0.1, 0.15) is 6.07 Å². The number of fused-ring (bicyclic) bond motifs is 1. The summed E-state index contributed by atoms with van der Waals surface area (Å²) >= 11 is 3.50. The van der Waals surface area contributed by atoms with Crippen LogP contribution >= 0.6 is 15.9 Å². The molecule has 2 N–H and O–H groups in total. The van der Waals surface area contributed by atoms with Crippen LogP contribution in [0, 0.1) is 11.3 Å². The van der Waals surface area contributed by atoms with Gasteiger partial charge in [0.05, 0.1) is 11.3 Å². The minimum Gasteiger partial charge on any atom is -0.397 e. The number of halogens is 1. The van der Waals surface area contributed by atoms with E-state index in [0.29, 0.717) is 11.3 Å². The maximum atomic E-state index is 8.95. The molecule has 0 bridgehead atoms. The molecule has 1 aromatic rings. The van der Waals surface area contributed by atoms with Crippen LogP contribution in [0.4, 0.5) is 5.69 Å². The number of nitrogens with zero attached hydrogens (tertiary/aromatic N) is 2. The van der Waals surface area contributed by atoms with Crippen molar-refractivity contribution in [3.05, 3.63) is 27.2 Å². The third kappa shape index (κ3) is 1.73. The molecule has 0 radical (unpaired) electrons. The van der Waals surface area contributed by atoms with E-state index in [1.54, 1.807) is 0 Å². The average Bonchev–Trinajstić information content (AvgIpc) is 2.23. The third-order valence-corrected chi connectivity index (χ3v) is 3.54. The normalized spacial score (nSPS) is 15.8. The molecular weight excluding hydrogens is 254 g/mol. The fourth-order valence-corrected chi connectivity index (χ4v) is 2.62. The number of nitriles is 1. The molecule has 1 heterocycles. The second-order valence-corrected chi connectivity index (χ2v) is 4.73. The van der Waals surface area contributed by atoms with Gasteiger partial charge in [0, 0.05) is 17.6 Å². The number of nitrogens with two attached hydrogens (primary N) is 1. The summed E-state index contributed by atoms with van der Waals surface area (Å²) in [7, 11) is 2.06. The lowest BCUT2D eigenvalue weighted by Gasteiger charge is -2.27. The summed E-state index contributed by atoms with van der Waals surface area (Å²) in [6, 6.07) is 3.95. The Kier molecular flexibility index (Phi) is 2.68. The molecule has 1 aromatic carbocycles. The number of nitrogen functional groups attached to an aromatic ring is 1. The van der Waals surface area contributed by atoms with E-state index in [1.807, 2.05) is 6.07 Å². The summed E-state index contributed by atoms with van der Waals surface area (Å²) in [6.07, 6.45) is 0.988. The summed E-state index contributed by atoms with van der Waals surface area (Å²) in [4.78, 5) is 2.21. The molecule has 1 aliphatic heterocycles. The first-order valence-electron chi connectivity index (χ1n) is 4.82. The van der Waals surface area contributed by atoms with Crippen LogP contribution in [0.3, 0.4) is 0 Å². The summed E-state index contributed by atoms with van der Waals surface area (Å²) in [5.41, 5.74) is 9.54. The smallest absolute Gasteiger partial charge is 0.101 e. The van der Waals surface area contributed by atoms with Crippen LogP contribution in [-0.2, 0) is 13.0 Å². The van der Waals surface area contributed by atoms with Crippen LogP contribution in [0.2, 0.25) is 0 Å². The first-order valence-corrected chi connectivity index (χ1v) is 5.61. The molecule has 1 aliphatic rings. The van der Waals surface area contributed by atoms with E-state index in [2.05, 4.69) is 33.9 Å². The maximum absolute atomic E-state index is 8.95. The number of anilines is 1. The van der Waals surface area contributed by atoms with E-state index in [1.165, 1.54) is 5.56 Å². The number of rotatable bonds is 0. The predicted octanol–water partition coefficient (Wildman–Crippen LogP) is 1.89. The number of hydrogen-bond donors (Lipinski definition) is 1. The highest BCUT2D eigenvalue weighted by atomic mass is 79.9. The zero-order chi connectivity index (χ0) is 11.0. The average molecular weight is 266 g/mol. The van der Waals surface area contributed by atoms with Gasteiger partial charge in [0.15, 0.2) is 0 Å². The molecule has 78 valence electrons. The number of likely N-dealkylation sites (N-methyl/N-ethyl adjacent to an activating group) is 1. The Bertz CT molecular complexity index is 444. The summed E-state index contributed by atoms with van der Waals surface area (Å²) in [5, 5.41) is 8.95. The molecule has 0 spiro atoms. The Labute approximate surface area is 97.6 Å². The van der Waals surface area contributed by atoms with Crippen LogP contribution in [0.5, 0.6) is 0 Å². The quantitative estimate of drug-likeness (QED) is 0.729. The Hall–Kier alpha value is -1.05. The van der Waals surface area contributed by atoms with Gasteiger partial charge in [0.25, 0.3) is 0 Å². The van der Waals surface area contributed by atoms with Crippen molar-refractivity contribution in [2.75, 3.05) is 19.3 Å². The molecule has 0 aromatic heterocycles. The molecule has 4 heteroatoms. The van der Waals surface area contributed by atoms with Gasteiger partial charge in [-0.3, -0.25) is 0 Å². The monoisotopic (exact) mass is 265 g/mol. The molecule has 0 aliphatic carbocycles.